The molecule has 0 fully saturated rings. The van der Waals surface area contributed by atoms with Gasteiger partial charge in [-0.05, 0) is 42.9 Å². The summed E-state index contributed by atoms with van der Waals surface area (Å²) in [4.78, 5) is 13.3. The van der Waals surface area contributed by atoms with Crippen LogP contribution in [-0.2, 0) is 12.6 Å². The van der Waals surface area contributed by atoms with E-state index in [-0.39, 0.29) is 5.69 Å². The van der Waals surface area contributed by atoms with Crippen molar-refractivity contribution in [1.82, 2.24) is 0 Å². The van der Waals surface area contributed by atoms with Crippen LogP contribution in [0.25, 0.3) is 6.08 Å². The summed E-state index contributed by atoms with van der Waals surface area (Å²) >= 11 is 2.83. The summed E-state index contributed by atoms with van der Waals surface area (Å²) in [7, 11) is 0. The van der Waals surface area contributed by atoms with Gasteiger partial charge in [0, 0.05) is 5.56 Å². The molecule has 1 aromatic heterocycles. The predicted octanol–water partition coefficient (Wildman–Crippen LogP) is 5.62. The molecule has 1 aromatic carbocycles. The summed E-state index contributed by atoms with van der Waals surface area (Å²) in [6.45, 7) is 0. The highest BCUT2D eigenvalue weighted by Crippen LogP contribution is 2.39. The van der Waals surface area contributed by atoms with E-state index in [2.05, 4.69) is 10.5 Å². The third kappa shape index (κ3) is 4.13. The quantitative estimate of drug-likeness (QED) is 0.294. The number of allylic oxidation sites excluding steroid dienone is 1. The minimum Gasteiger partial charge on any atom is -0.285 e. The number of hydrogen-bond donors (Lipinski definition) is 1. The maximum atomic E-state index is 12.8. The Morgan fingerprint density at radius 3 is 2.86 bits per heavy atom. The van der Waals surface area contributed by atoms with E-state index in [0.717, 1.165) is 33.9 Å². The lowest BCUT2D eigenvalue weighted by Gasteiger charge is -2.09. The molecular weight excluding hydrogens is 407 g/mol. The van der Waals surface area contributed by atoms with Crippen molar-refractivity contribution in [2.24, 2.45) is 5.10 Å². The second-order valence-corrected chi connectivity index (χ2v) is 7.94. The highest BCUT2D eigenvalue weighted by Gasteiger charge is 2.30. The zero-order valence-electron chi connectivity index (χ0n) is 14.6. The standard InChI is InChI=1S/C19H14F3N3OS2/c1-27-18-14-8-3-2-7-13(14)17(28-18)16(26)15(10-23)25-24-12-6-4-5-11(9-12)19(20,21)22/h3-6,8-9,24H,2,7H2,1H3. The number of nitrogens with zero attached hydrogens (tertiary/aromatic N) is 2. The monoisotopic (exact) mass is 421 g/mol. The second kappa shape index (κ2) is 8.20. The average molecular weight is 421 g/mol. The van der Waals surface area contributed by atoms with Crippen molar-refractivity contribution in [1.29, 1.82) is 5.26 Å². The number of benzene rings is 1. The van der Waals surface area contributed by atoms with Crippen molar-refractivity contribution in [2.75, 3.05) is 11.7 Å². The molecule has 2 aromatic rings. The van der Waals surface area contributed by atoms with Crippen molar-refractivity contribution in [2.45, 2.75) is 23.2 Å². The number of thiophene rings is 1. The second-order valence-electron chi connectivity index (χ2n) is 5.85. The Labute approximate surface area is 167 Å². The number of hydrazone groups is 1. The van der Waals surface area contributed by atoms with Gasteiger partial charge in [0.15, 0.2) is 0 Å². The van der Waals surface area contributed by atoms with Crippen LogP contribution in [0.1, 0.15) is 32.8 Å². The predicted molar refractivity (Wildman–Crippen MR) is 106 cm³/mol. The molecule has 28 heavy (non-hydrogen) atoms. The van der Waals surface area contributed by atoms with Crippen molar-refractivity contribution < 1.29 is 18.0 Å². The molecule has 1 aliphatic carbocycles. The maximum absolute atomic E-state index is 12.8. The smallest absolute Gasteiger partial charge is 0.285 e. The number of hydrogen-bond acceptors (Lipinski definition) is 6. The van der Waals surface area contributed by atoms with Gasteiger partial charge in [0.25, 0.3) is 0 Å². The molecular formula is C19H14F3N3OS2. The van der Waals surface area contributed by atoms with E-state index in [1.165, 1.54) is 35.2 Å². The normalized spacial score (nSPS) is 13.8. The number of nitriles is 1. The number of carbonyl (C=O) groups is 1. The Morgan fingerprint density at radius 1 is 1.39 bits per heavy atom. The Morgan fingerprint density at radius 2 is 2.18 bits per heavy atom. The van der Waals surface area contributed by atoms with Gasteiger partial charge in [0.05, 0.1) is 20.3 Å². The van der Waals surface area contributed by atoms with Crippen molar-refractivity contribution in [3.63, 3.8) is 0 Å². The van der Waals surface area contributed by atoms with E-state index in [1.807, 2.05) is 18.4 Å². The van der Waals surface area contributed by atoms with Crippen LogP contribution in [0.4, 0.5) is 18.9 Å². The molecule has 1 N–H and O–H groups in total. The molecule has 1 aliphatic rings. The molecule has 0 unspecified atom stereocenters. The highest BCUT2D eigenvalue weighted by atomic mass is 32.2. The van der Waals surface area contributed by atoms with E-state index in [9.17, 15) is 23.2 Å². The lowest BCUT2D eigenvalue weighted by molar-refractivity contribution is -0.137. The Bertz CT molecular complexity index is 1020. The average Bonchev–Trinajstić information content (AvgIpc) is 3.07. The molecule has 144 valence electrons. The third-order valence-electron chi connectivity index (χ3n) is 4.06. The fraction of sp³-hybridized carbons (Fsp3) is 0.211. The number of ketones is 1. The fourth-order valence-electron chi connectivity index (χ4n) is 2.76. The van der Waals surface area contributed by atoms with E-state index in [4.69, 9.17) is 0 Å². The van der Waals surface area contributed by atoms with Gasteiger partial charge in [0.1, 0.15) is 6.07 Å². The van der Waals surface area contributed by atoms with Crippen LogP contribution >= 0.6 is 23.1 Å². The summed E-state index contributed by atoms with van der Waals surface area (Å²) in [6.07, 6.45) is 2.94. The minimum atomic E-state index is -4.49. The van der Waals surface area contributed by atoms with Crippen LogP contribution in [-0.4, -0.2) is 17.8 Å². The maximum Gasteiger partial charge on any atom is 0.416 e. The van der Waals surface area contributed by atoms with E-state index < -0.39 is 23.2 Å². The zero-order chi connectivity index (χ0) is 20.3. The summed E-state index contributed by atoms with van der Waals surface area (Å²) in [6, 6.07) is 6.15. The summed E-state index contributed by atoms with van der Waals surface area (Å²) in [5.74, 6) is -0.529. The highest BCUT2D eigenvalue weighted by molar-refractivity contribution is 8.00. The van der Waals surface area contributed by atoms with Crippen LogP contribution in [0.2, 0.25) is 0 Å². The van der Waals surface area contributed by atoms with Crippen molar-refractivity contribution >= 4 is 46.4 Å². The summed E-state index contributed by atoms with van der Waals surface area (Å²) in [5, 5.41) is 13.1. The Balaban J connectivity index is 1.89. The zero-order valence-corrected chi connectivity index (χ0v) is 16.3. The Kier molecular flexibility index (Phi) is 5.91. The van der Waals surface area contributed by atoms with Gasteiger partial charge in [-0.1, -0.05) is 18.2 Å². The minimum absolute atomic E-state index is 0.0383. The van der Waals surface area contributed by atoms with Crippen LogP contribution in [0, 0.1) is 11.3 Å². The number of carbonyl (C=O) groups excluding carboxylic acids is 1. The third-order valence-corrected chi connectivity index (χ3v) is 6.44. The van der Waals surface area contributed by atoms with E-state index in [0.29, 0.717) is 11.3 Å². The number of thioether (sulfide) groups is 1. The molecule has 1 heterocycles. The number of fused-ring (bicyclic) bond motifs is 1. The number of halogens is 3. The molecule has 0 saturated carbocycles. The first-order valence-corrected chi connectivity index (χ1v) is 10.2. The van der Waals surface area contributed by atoms with Gasteiger partial charge < -0.3 is 0 Å². The van der Waals surface area contributed by atoms with Crippen LogP contribution < -0.4 is 5.43 Å². The molecule has 0 aliphatic heterocycles. The van der Waals surface area contributed by atoms with Gasteiger partial charge in [-0.3, -0.25) is 10.2 Å². The van der Waals surface area contributed by atoms with Gasteiger partial charge in [-0.2, -0.15) is 23.5 Å². The largest absolute Gasteiger partial charge is 0.416 e. The number of nitrogens with one attached hydrogen (secondary N) is 1. The molecule has 0 bridgehead atoms. The van der Waals surface area contributed by atoms with Crippen LogP contribution in [0.5, 0.6) is 0 Å². The molecule has 9 heteroatoms. The number of alkyl halides is 3. The van der Waals surface area contributed by atoms with Crippen LogP contribution in [0.3, 0.4) is 0 Å². The number of rotatable bonds is 5. The summed E-state index contributed by atoms with van der Waals surface area (Å²) in [5.41, 5.74) is 3.07. The topological polar surface area (TPSA) is 65.2 Å². The Hall–Kier alpha value is -2.57. The van der Waals surface area contributed by atoms with E-state index in [1.54, 1.807) is 6.07 Å². The molecule has 0 amide bonds. The molecule has 3 rings (SSSR count). The van der Waals surface area contributed by atoms with E-state index >= 15 is 0 Å². The van der Waals surface area contributed by atoms with Gasteiger partial charge in [0.2, 0.25) is 11.5 Å². The van der Waals surface area contributed by atoms with Gasteiger partial charge in [-0.15, -0.1) is 23.1 Å². The molecule has 0 spiro atoms. The molecule has 0 radical (unpaired) electrons. The van der Waals surface area contributed by atoms with Gasteiger partial charge in [-0.25, -0.2) is 0 Å². The van der Waals surface area contributed by atoms with Crippen molar-refractivity contribution in [3.8, 4) is 6.07 Å². The fourth-order valence-corrected chi connectivity index (χ4v) is 4.76. The number of Topliss-reactive ketones (excluding diaryl/α,β-unsaturated/α-hetero) is 1. The first-order valence-electron chi connectivity index (χ1n) is 8.17. The van der Waals surface area contributed by atoms with Crippen molar-refractivity contribution in [3.05, 3.63) is 51.9 Å². The molecule has 4 nitrogen and oxygen atoms in total. The lowest BCUT2D eigenvalue weighted by atomic mass is 9.98. The lowest BCUT2D eigenvalue weighted by Crippen LogP contribution is -2.15. The molecule has 0 saturated heterocycles. The SMILES string of the molecule is CSc1sc(C(=O)C(C#N)=NNc2cccc(C(F)(F)F)c2)c2c1C=CCC2. The first-order chi connectivity index (χ1) is 13.3. The van der Waals surface area contributed by atoms with Crippen LogP contribution in [0.15, 0.2) is 39.7 Å². The molecule has 0 atom stereocenters. The first kappa shape index (κ1) is 20.2. The number of anilines is 1. The summed E-state index contributed by atoms with van der Waals surface area (Å²) < 4.78 is 39.4. The van der Waals surface area contributed by atoms with Gasteiger partial charge >= 0.3 is 6.18 Å².